The number of primary amides is 1. The fourth-order valence-electron chi connectivity index (χ4n) is 1.36. The standard InChI is InChI=1S/C11H14N2O4S/c12-9(14)4-3-8(11(16)17)13-10(15)6-7-2-1-5-18-7/h1-2,5,8H,3-4,6H2,(H2,12,14)(H,13,15)(H,16,17)/t8-/m1/s1. The Morgan fingerprint density at radius 3 is 2.67 bits per heavy atom. The van der Waals surface area contributed by atoms with E-state index in [1.165, 1.54) is 11.3 Å². The van der Waals surface area contributed by atoms with Crippen LogP contribution in [0.5, 0.6) is 0 Å². The van der Waals surface area contributed by atoms with Crippen molar-refractivity contribution in [3.8, 4) is 0 Å². The molecule has 4 N–H and O–H groups in total. The van der Waals surface area contributed by atoms with Crippen LogP contribution in [-0.2, 0) is 20.8 Å². The van der Waals surface area contributed by atoms with Gasteiger partial charge >= 0.3 is 5.97 Å². The van der Waals surface area contributed by atoms with Gasteiger partial charge in [-0.1, -0.05) is 6.07 Å². The summed E-state index contributed by atoms with van der Waals surface area (Å²) in [6.45, 7) is 0. The summed E-state index contributed by atoms with van der Waals surface area (Å²) in [5, 5.41) is 13.1. The van der Waals surface area contributed by atoms with Gasteiger partial charge in [0, 0.05) is 11.3 Å². The molecule has 0 unspecified atom stereocenters. The van der Waals surface area contributed by atoms with Gasteiger partial charge in [0.15, 0.2) is 0 Å². The molecule has 0 saturated heterocycles. The number of carboxylic acids is 1. The molecule has 0 aliphatic rings. The third kappa shape index (κ3) is 4.96. The predicted molar refractivity (Wildman–Crippen MR) is 66.0 cm³/mol. The van der Waals surface area contributed by atoms with Gasteiger partial charge in [-0.15, -0.1) is 11.3 Å². The zero-order valence-corrected chi connectivity index (χ0v) is 10.4. The lowest BCUT2D eigenvalue weighted by molar-refractivity contribution is -0.142. The van der Waals surface area contributed by atoms with Gasteiger partial charge in [0.1, 0.15) is 6.04 Å². The number of aliphatic carboxylic acids is 1. The Kier molecular flexibility index (Phi) is 5.31. The van der Waals surface area contributed by atoms with Crippen molar-refractivity contribution in [2.45, 2.75) is 25.3 Å². The predicted octanol–water partition coefficient (Wildman–Crippen LogP) is 0.125. The van der Waals surface area contributed by atoms with Crippen LogP contribution in [0.4, 0.5) is 0 Å². The number of carbonyl (C=O) groups excluding carboxylic acids is 2. The third-order valence-corrected chi connectivity index (χ3v) is 3.10. The van der Waals surface area contributed by atoms with Crippen molar-refractivity contribution in [1.82, 2.24) is 5.32 Å². The zero-order chi connectivity index (χ0) is 13.5. The summed E-state index contributed by atoms with van der Waals surface area (Å²) in [4.78, 5) is 33.9. The molecule has 0 radical (unpaired) electrons. The molecule has 18 heavy (non-hydrogen) atoms. The van der Waals surface area contributed by atoms with Gasteiger partial charge in [0.2, 0.25) is 11.8 Å². The van der Waals surface area contributed by atoms with Crippen LogP contribution in [-0.4, -0.2) is 28.9 Å². The van der Waals surface area contributed by atoms with Crippen molar-refractivity contribution in [2.24, 2.45) is 5.73 Å². The maximum Gasteiger partial charge on any atom is 0.326 e. The normalized spacial score (nSPS) is 11.8. The fourth-order valence-corrected chi connectivity index (χ4v) is 2.06. The van der Waals surface area contributed by atoms with Crippen molar-refractivity contribution in [1.29, 1.82) is 0 Å². The van der Waals surface area contributed by atoms with E-state index < -0.39 is 17.9 Å². The van der Waals surface area contributed by atoms with Gasteiger partial charge < -0.3 is 16.2 Å². The molecule has 1 atom stereocenters. The Balaban J connectivity index is 2.47. The average molecular weight is 270 g/mol. The summed E-state index contributed by atoms with van der Waals surface area (Å²) >= 11 is 1.42. The third-order valence-electron chi connectivity index (χ3n) is 2.23. The molecule has 0 aromatic carbocycles. The fraction of sp³-hybridized carbons (Fsp3) is 0.364. The number of amides is 2. The van der Waals surface area contributed by atoms with Crippen LogP contribution in [0.3, 0.4) is 0 Å². The first kappa shape index (κ1) is 14.2. The van der Waals surface area contributed by atoms with E-state index in [0.717, 1.165) is 4.88 Å². The Hall–Kier alpha value is -1.89. The van der Waals surface area contributed by atoms with E-state index in [-0.39, 0.29) is 25.2 Å². The minimum absolute atomic E-state index is 0.000840. The van der Waals surface area contributed by atoms with Gasteiger partial charge in [0.05, 0.1) is 6.42 Å². The molecule has 0 spiro atoms. The molecule has 6 nitrogen and oxygen atoms in total. The van der Waals surface area contributed by atoms with E-state index in [1.807, 2.05) is 11.4 Å². The minimum atomic E-state index is -1.17. The average Bonchev–Trinajstić information content (AvgIpc) is 2.76. The van der Waals surface area contributed by atoms with Gasteiger partial charge in [0.25, 0.3) is 0 Å². The number of carboxylic acid groups (broad SMARTS) is 1. The molecule has 0 aliphatic carbocycles. The lowest BCUT2D eigenvalue weighted by atomic mass is 10.1. The lowest BCUT2D eigenvalue weighted by Gasteiger charge is -2.13. The molecule has 1 rings (SSSR count). The summed E-state index contributed by atoms with van der Waals surface area (Å²) in [7, 11) is 0. The van der Waals surface area contributed by atoms with Crippen LogP contribution in [0.1, 0.15) is 17.7 Å². The van der Waals surface area contributed by atoms with Crippen LogP contribution in [0.25, 0.3) is 0 Å². The summed E-state index contributed by atoms with van der Waals surface area (Å²) < 4.78 is 0. The zero-order valence-electron chi connectivity index (χ0n) is 9.59. The van der Waals surface area contributed by atoms with Crippen molar-refractivity contribution in [2.75, 3.05) is 0 Å². The monoisotopic (exact) mass is 270 g/mol. The van der Waals surface area contributed by atoms with Crippen LogP contribution in [0, 0.1) is 0 Å². The maximum atomic E-state index is 11.6. The first-order chi connectivity index (χ1) is 8.49. The van der Waals surface area contributed by atoms with E-state index in [2.05, 4.69) is 5.32 Å². The number of hydrogen-bond donors (Lipinski definition) is 3. The van der Waals surface area contributed by atoms with Crippen molar-refractivity contribution < 1.29 is 19.5 Å². The highest BCUT2D eigenvalue weighted by atomic mass is 32.1. The summed E-state index contributed by atoms with van der Waals surface area (Å²) in [6, 6.07) is 2.53. The van der Waals surface area contributed by atoms with E-state index in [4.69, 9.17) is 10.8 Å². The van der Waals surface area contributed by atoms with Crippen molar-refractivity contribution in [3.63, 3.8) is 0 Å². The molecule has 0 aliphatic heterocycles. The Labute approximate surface area is 108 Å². The van der Waals surface area contributed by atoms with Crippen molar-refractivity contribution in [3.05, 3.63) is 22.4 Å². The number of carbonyl (C=O) groups is 3. The number of hydrogen-bond acceptors (Lipinski definition) is 4. The van der Waals surface area contributed by atoms with Crippen LogP contribution < -0.4 is 11.1 Å². The molecule has 0 fully saturated rings. The molecule has 1 aromatic heterocycles. The summed E-state index contributed by atoms with van der Waals surface area (Å²) in [6.07, 6.45) is 0.0646. The Morgan fingerprint density at radius 1 is 1.44 bits per heavy atom. The molecule has 1 heterocycles. The quantitative estimate of drug-likeness (QED) is 0.654. The van der Waals surface area contributed by atoms with Crippen LogP contribution >= 0.6 is 11.3 Å². The Morgan fingerprint density at radius 2 is 2.17 bits per heavy atom. The van der Waals surface area contributed by atoms with E-state index in [1.54, 1.807) is 6.07 Å². The molecule has 1 aromatic rings. The first-order valence-electron chi connectivity index (χ1n) is 5.32. The summed E-state index contributed by atoms with van der Waals surface area (Å²) in [5.41, 5.74) is 4.94. The molecular weight excluding hydrogens is 256 g/mol. The molecule has 2 amide bonds. The summed E-state index contributed by atoms with van der Waals surface area (Å²) in [5.74, 6) is -2.14. The smallest absolute Gasteiger partial charge is 0.326 e. The topological polar surface area (TPSA) is 109 Å². The first-order valence-corrected chi connectivity index (χ1v) is 6.20. The number of rotatable bonds is 7. The number of nitrogens with two attached hydrogens (primary N) is 1. The molecular formula is C11H14N2O4S. The number of nitrogens with one attached hydrogen (secondary N) is 1. The molecule has 0 saturated carbocycles. The Bertz CT molecular complexity index is 430. The van der Waals surface area contributed by atoms with E-state index in [9.17, 15) is 14.4 Å². The van der Waals surface area contributed by atoms with Gasteiger partial charge in [-0.3, -0.25) is 9.59 Å². The minimum Gasteiger partial charge on any atom is -0.480 e. The van der Waals surface area contributed by atoms with Crippen molar-refractivity contribution >= 4 is 29.1 Å². The maximum absolute atomic E-state index is 11.6. The van der Waals surface area contributed by atoms with Gasteiger partial charge in [-0.2, -0.15) is 0 Å². The second-order valence-corrected chi connectivity index (χ2v) is 4.75. The van der Waals surface area contributed by atoms with Gasteiger partial charge in [-0.05, 0) is 17.9 Å². The van der Waals surface area contributed by atoms with Gasteiger partial charge in [-0.25, -0.2) is 4.79 Å². The highest BCUT2D eigenvalue weighted by molar-refractivity contribution is 7.10. The largest absolute Gasteiger partial charge is 0.480 e. The second kappa shape index (κ2) is 6.75. The highest BCUT2D eigenvalue weighted by Crippen LogP contribution is 2.09. The van der Waals surface area contributed by atoms with Crippen LogP contribution in [0.2, 0.25) is 0 Å². The van der Waals surface area contributed by atoms with E-state index in [0.29, 0.717) is 0 Å². The highest BCUT2D eigenvalue weighted by Gasteiger charge is 2.20. The second-order valence-electron chi connectivity index (χ2n) is 3.72. The molecule has 7 heteroatoms. The molecule has 0 bridgehead atoms. The lowest BCUT2D eigenvalue weighted by Crippen LogP contribution is -2.42. The molecule has 98 valence electrons. The SMILES string of the molecule is NC(=O)CC[C@@H](NC(=O)Cc1cccs1)C(=O)O. The van der Waals surface area contributed by atoms with Crippen LogP contribution in [0.15, 0.2) is 17.5 Å². The van der Waals surface area contributed by atoms with E-state index >= 15 is 0 Å². The number of thiophene rings is 1.